The molecule has 2 rings (SSSR count). The maximum absolute atomic E-state index is 8.92. The molecule has 0 atom stereocenters. The number of nitrogens with one attached hydrogen (secondary N) is 1. The minimum absolute atomic E-state index is 0.349. The van der Waals surface area contributed by atoms with E-state index >= 15 is 0 Å². The second-order valence-electron chi connectivity index (χ2n) is 4.27. The Hall–Kier alpha value is -1.60. The van der Waals surface area contributed by atoms with Crippen LogP contribution in [-0.2, 0) is 0 Å². The predicted molar refractivity (Wildman–Crippen MR) is 62.8 cm³/mol. The Morgan fingerprint density at radius 3 is 2.81 bits per heavy atom. The Balaban J connectivity index is 2.01. The SMILES string of the molecule is N#Cc1ncccc1NC1CCC(N)CC1. The molecule has 0 spiro atoms. The number of nitrogens with two attached hydrogens (primary N) is 1. The topological polar surface area (TPSA) is 74.7 Å². The summed E-state index contributed by atoms with van der Waals surface area (Å²) in [6.07, 6.45) is 5.89. The average molecular weight is 216 g/mol. The van der Waals surface area contributed by atoms with Crippen molar-refractivity contribution in [2.75, 3.05) is 5.32 Å². The Kier molecular flexibility index (Phi) is 3.37. The van der Waals surface area contributed by atoms with E-state index in [0.717, 1.165) is 31.4 Å². The van der Waals surface area contributed by atoms with Gasteiger partial charge in [0.15, 0.2) is 5.69 Å². The van der Waals surface area contributed by atoms with Crippen LogP contribution in [0.5, 0.6) is 0 Å². The zero-order chi connectivity index (χ0) is 11.4. The summed E-state index contributed by atoms with van der Waals surface area (Å²) in [4.78, 5) is 4.03. The molecule has 1 aliphatic rings. The summed E-state index contributed by atoms with van der Waals surface area (Å²) in [5, 5.41) is 12.3. The van der Waals surface area contributed by atoms with E-state index < -0.39 is 0 Å². The number of aromatic nitrogens is 1. The molecule has 0 bridgehead atoms. The fourth-order valence-electron chi connectivity index (χ4n) is 2.09. The van der Waals surface area contributed by atoms with Crippen molar-refractivity contribution in [1.82, 2.24) is 4.98 Å². The standard InChI is InChI=1S/C12H16N4/c13-8-12-11(2-1-7-15-12)16-10-5-3-9(14)4-6-10/h1-2,7,9-10,16H,3-6,14H2. The lowest BCUT2D eigenvalue weighted by Crippen LogP contribution is -2.33. The van der Waals surface area contributed by atoms with Gasteiger partial charge in [-0.25, -0.2) is 4.98 Å². The summed E-state index contributed by atoms with van der Waals surface area (Å²) in [6, 6.07) is 6.62. The van der Waals surface area contributed by atoms with Gasteiger partial charge in [0.25, 0.3) is 0 Å². The van der Waals surface area contributed by atoms with E-state index in [1.165, 1.54) is 0 Å². The van der Waals surface area contributed by atoms with Gasteiger partial charge in [0, 0.05) is 18.3 Å². The van der Waals surface area contributed by atoms with E-state index in [-0.39, 0.29) is 0 Å². The van der Waals surface area contributed by atoms with E-state index in [1.807, 2.05) is 12.1 Å². The lowest BCUT2D eigenvalue weighted by molar-refractivity contribution is 0.411. The minimum Gasteiger partial charge on any atom is -0.380 e. The van der Waals surface area contributed by atoms with Crippen molar-refractivity contribution in [3.63, 3.8) is 0 Å². The number of hydrogen-bond donors (Lipinski definition) is 2. The second kappa shape index (κ2) is 4.95. The molecular weight excluding hydrogens is 200 g/mol. The summed E-state index contributed by atoms with van der Waals surface area (Å²) < 4.78 is 0. The molecule has 1 saturated carbocycles. The molecule has 84 valence electrons. The molecule has 1 fully saturated rings. The summed E-state index contributed by atoms with van der Waals surface area (Å²) in [5.74, 6) is 0. The van der Waals surface area contributed by atoms with Crippen LogP contribution >= 0.6 is 0 Å². The van der Waals surface area contributed by atoms with Crippen LogP contribution in [0.4, 0.5) is 5.69 Å². The van der Waals surface area contributed by atoms with Gasteiger partial charge >= 0.3 is 0 Å². The number of nitriles is 1. The van der Waals surface area contributed by atoms with E-state index in [9.17, 15) is 0 Å². The van der Waals surface area contributed by atoms with E-state index in [2.05, 4.69) is 16.4 Å². The molecule has 0 unspecified atom stereocenters. The molecule has 4 heteroatoms. The number of anilines is 1. The molecule has 0 aliphatic heterocycles. The lowest BCUT2D eigenvalue weighted by atomic mass is 9.91. The number of rotatable bonds is 2. The van der Waals surface area contributed by atoms with Gasteiger partial charge in [-0.3, -0.25) is 0 Å². The van der Waals surface area contributed by atoms with Crippen LogP contribution in [-0.4, -0.2) is 17.1 Å². The Morgan fingerprint density at radius 2 is 2.12 bits per heavy atom. The zero-order valence-corrected chi connectivity index (χ0v) is 9.19. The molecule has 3 N–H and O–H groups in total. The first-order valence-corrected chi connectivity index (χ1v) is 5.67. The van der Waals surface area contributed by atoms with Crippen LogP contribution in [0.15, 0.2) is 18.3 Å². The van der Waals surface area contributed by atoms with Crippen molar-refractivity contribution in [2.24, 2.45) is 5.73 Å². The molecule has 0 radical (unpaired) electrons. The second-order valence-corrected chi connectivity index (χ2v) is 4.27. The van der Waals surface area contributed by atoms with Crippen molar-refractivity contribution in [1.29, 1.82) is 5.26 Å². The first-order valence-electron chi connectivity index (χ1n) is 5.67. The number of nitrogens with zero attached hydrogens (tertiary/aromatic N) is 2. The van der Waals surface area contributed by atoms with Crippen molar-refractivity contribution >= 4 is 5.69 Å². The summed E-state index contributed by atoms with van der Waals surface area (Å²) >= 11 is 0. The first-order chi connectivity index (χ1) is 7.79. The van der Waals surface area contributed by atoms with Gasteiger partial charge in [-0.05, 0) is 37.8 Å². The molecule has 0 aromatic carbocycles. The third-order valence-electron chi connectivity index (χ3n) is 3.05. The van der Waals surface area contributed by atoms with Crippen LogP contribution in [0.25, 0.3) is 0 Å². The van der Waals surface area contributed by atoms with Crippen LogP contribution in [0.1, 0.15) is 31.4 Å². The third-order valence-corrected chi connectivity index (χ3v) is 3.05. The van der Waals surface area contributed by atoms with Crippen molar-refractivity contribution in [2.45, 2.75) is 37.8 Å². The molecular formula is C12H16N4. The molecule has 0 saturated heterocycles. The fourth-order valence-corrected chi connectivity index (χ4v) is 2.09. The normalized spacial score (nSPS) is 24.8. The summed E-state index contributed by atoms with van der Waals surface area (Å²) in [7, 11) is 0. The number of hydrogen-bond acceptors (Lipinski definition) is 4. The third kappa shape index (κ3) is 2.50. The molecule has 0 amide bonds. The van der Waals surface area contributed by atoms with Crippen LogP contribution in [0.3, 0.4) is 0 Å². The molecule has 1 aromatic heterocycles. The zero-order valence-electron chi connectivity index (χ0n) is 9.19. The van der Waals surface area contributed by atoms with Gasteiger partial charge in [-0.1, -0.05) is 0 Å². The van der Waals surface area contributed by atoms with Crippen molar-refractivity contribution < 1.29 is 0 Å². The highest BCUT2D eigenvalue weighted by Gasteiger charge is 2.18. The van der Waals surface area contributed by atoms with Crippen LogP contribution in [0.2, 0.25) is 0 Å². The highest BCUT2D eigenvalue weighted by atomic mass is 14.9. The van der Waals surface area contributed by atoms with Gasteiger partial charge in [0.1, 0.15) is 6.07 Å². The highest BCUT2D eigenvalue weighted by molar-refractivity contribution is 5.53. The smallest absolute Gasteiger partial charge is 0.163 e. The molecule has 1 aromatic rings. The first kappa shape index (κ1) is 10.9. The Bertz CT molecular complexity index is 388. The van der Waals surface area contributed by atoms with Crippen LogP contribution < -0.4 is 11.1 Å². The summed E-state index contributed by atoms with van der Waals surface area (Å²) in [5.41, 5.74) is 7.16. The fraction of sp³-hybridized carbons (Fsp3) is 0.500. The van der Waals surface area contributed by atoms with Gasteiger partial charge in [-0.15, -0.1) is 0 Å². The van der Waals surface area contributed by atoms with Gasteiger partial charge in [-0.2, -0.15) is 5.26 Å². The molecule has 1 heterocycles. The largest absolute Gasteiger partial charge is 0.380 e. The predicted octanol–water partition coefficient (Wildman–Crippen LogP) is 1.64. The van der Waals surface area contributed by atoms with Gasteiger partial charge in [0.2, 0.25) is 0 Å². The number of pyridine rings is 1. The van der Waals surface area contributed by atoms with Gasteiger partial charge < -0.3 is 11.1 Å². The Labute approximate surface area is 95.5 Å². The molecule has 1 aliphatic carbocycles. The Morgan fingerprint density at radius 1 is 1.38 bits per heavy atom. The van der Waals surface area contributed by atoms with Crippen molar-refractivity contribution in [3.8, 4) is 6.07 Å². The maximum Gasteiger partial charge on any atom is 0.163 e. The van der Waals surface area contributed by atoms with E-state index in [4.69, 9.17) is 11.0 Å². The summed E-state index contributed by atoms with van der Waals surface area (Å²) in [6.45, 7) is 0. The maximum atomic E-state index is 8.92. The van der Waals surface area contributed by atoms with Crippen molar-refractivity contribution in [3.05, 3.63) is 24.0 Å². The van der Waals surface area contributed by atoms with Crippen LogP contribution in [0, 0.1) is 11.3 Å². The highest BCUT2D eigenvalue weighted by Crippen LogP contribution is 2.22. The molecule has 4 nitrogen and oxygen atoms in total. The van der Waals surface area contributed by atoms with E-state index in [1.54, 1.807) is 6.20 Å². The average Bonchev–Trinajstić information content (AvgIpc) is 2.33. The quantitative estimate of drug-likeness (QED) is 0.788. The van der Waals surface area contributed by atoms with Gasteiger partial charge in [0.05, 0.1) is 5.69 Å². The monoisotopic (exact) mass is 216 g/mol. The lowest BCUT2D eigenvalue weighted by Gasteiger charge is -2.27. The minimum atomic E-state index is 0.349. The van der Waals surface area contributed by atoms with E-state index in [0.29, 0.717) is 17.8 Å². The molecule has 16 heavy (non-hydrogen) atoms.